The fraction of sp³-hybridized carbons (Fsp3) is 0. The first kappa shape index (κ1) is 10.0. The number of aromatic nitrogens is 2. The predicted molar refractivity (Wildman–Crippen MR) is 68.4 cm³/mol. The van der Waals surface area contributed by atoms with Crippen molar-refractivity contribution >= 4 is 45.9 Å². The van der Waals surface area contributed by atoms with Gasteiger partial charge in [-0.15, -0.1) is 11.3 Å². The Labute approximate surface area is 99.8 Å². The summed E-state index contributed by atoms with van der Waals surface area (Å²) >= 11 is 1.25. The van der Waals surface area contributed by atoms with Crippen LogP contribution in [0, 0.1) is 0 Å². The molecule has 84 valence electrons. The van der Waals surface area contributed by atoms with E-state index in [2.05, 4.69) is 9.97 Å². The van der Waals surface area contributed by atoms with Gasteiger partial charge in [0.2, 0.25) is 0 Å². The van der Waals surface area contributed by atoms with Gasteiger partial charge in [-0.25, -0.2) is 9.97 Å². The van der Waals surface area contributed by atoms with Crippen molar-refractivity contribution in [2.24, 2.45) is 0 Å². The molecule has 0 amide bonds. The molecule has 3 rings (SSSR count). The van der Waals surface area contributed by atoms with E-state index < -0.39 is 0 Å². The van der Waals surface area contributed by atoms with Crippen molar-refractivity contribution in [1.29, 1.82) is 0 Å². The Morgan fingerprint density at radius 2 is 1.35 bits per heavy atom. The molecule has 5 heteroatoms. The first-order chi connectivity index (χ1) is 8.33. The summed E-state index contributed by atoms with van der Waals surface area (Å²) in [7, 11) is 0. The number of fused-ring (bicyclic) bond motifs is 2. The van der Waals surface area contributed by atoms with Crippen molar-refractivity contribution in [1.82, 2.24) is 9.97 Å². The highest BCUT2D eigenvalue weighted by Gasteiger charge is 2.07. The van der Waals surface area contributed by atoms with Gasteiger partial charge in [-0.2, -0.15) is 0 Å². The van der Waals surface area contributed by atoms with Gasteiger partial charge in [-0.05, 0) is 12.1 Å². The van der Waals surface area contributed by atoms with Gasteiger partial charge in [0.25, 0.3) is 0 Å². The molecule has 1 aromatic carbocycles. The van der Waals surface area contributed by atoms with Crippen LogP contribution in [0.4, 0.5) is 0 Å². The lowest BCUT2D eigenvalue weighted by atomic mass is 10.3. The second-order valence-electron chi connectivity index (χ2n) is 3.50. The van der Waals surface area contributed by atoms with Gasteiger partial charge in [0.1, 0.15) is 11.0 Å². The molecule has 0 saturated carbocycles. The van der Waals surface area contributed by atoms with Crippen LogP contribution in [0.1, 0.15) is 0 Å². The number of aliphatic hydroxyl groups is 2. The van der Waals surface area contributed by atoms with E-state index in [1.165, 1.54) is 11.3 Å². The minimum atomic E-state index is 0.596. The molecule has 0 spiro atoms. The largest absolute Gasteiger partial charge is 0.514 e. The Balaban J connectivity index is 2.63. The Bertz CT molecular complexity index is 756. The maximum absolute atomic E-state index is 9.14. The first-order valence-electron chi connectivity index (χ1n) is 4.97. The number of rotatable bonds is 0. The maximum Gasteiger partial charge on any atom is 0.111 e. The van der Waals surface area contributed by atoms with Gasteiger partial charge in [-0.1, -0.05) is 12.1 Å². The molecule has 0 unspecified atom stereocenters. The van der Waals surface area contributed by atoms with Crippen molar-refractivity contribution in [2.75, 3.05) is 0 Å². The van der Waals surface area contributed by atoms with Crippen LogP contribution in [-0.4, -0.2) is 20.2 Å². The smallest absolute Gasteiger partial charge is 0.111 e. The number of aliphatic hydroxyl groups excluding tert-OH is 2. The van der Waals surface area contributed by atoms with Crippen LogP contribution in [0.3, 0.4) is 0 Å². The summed E-state index contributed by atoms with van der Waals surface area (Å²) in [5, 5.41) is 18.3. The molecule has 0 aliphatic carbocycles. The highest BCUT2D eigenvalue weighted by atomic mass is 32.1. The third kappa shape index (κ3) is 1.43. The molecule has 17 heavy (non-hydrogen) atoms. The predicted octanol–water partition coefficient (Wildman–Crippen LogP) is 1.44. The van der Waals surface area contributed by atoms with E-state index in [9.17, 15) is 0 Å². The van der Waals surface area contributed by atoms with E-state index >= 15 is 0 Å². The number of hydrogen-bond donors (Lipinski definition) is 2. The van der Waals surface area contributed by atoms with Gasteiger partial charge < -0.3 is 10.2 Å². The molecule has 0 radical (unpaired) electrons. The highest BCUT2D eigenvalue weighted by Crippen LogP contribution is 2.12. The van der Waals surface area contributed by atoms with Crippen molar-refractivity contribution in [3.8, 4) is 0 Å². The molecule has 0 atom stereocenters. The molecule has 0 fully saturated rings. The van der Waals surface area contributed by atoms with E-state index in [1.54, 1.807) is 0 Å². The number of para-hydroxylation sites is 2. The molecule has 4 nitrogen and oxygen atoms in total. The average Bonchev–Trinajstić information content (AvgIpc) is 2.73. The summed E-state index contributed by atoms with van der Waals surface area (Å²) in [4.78, 5) is 8.89. The van der Waals surface area contributed by atoms with E-state index in [-0.39, 0.29) is 0 Å². The summed E-state index contributed by atoms with van der Waals surface area (Å²) in [6.45, 7) is 0. The Morgan fingerprint density at radius 1 is 0.882 bits per heavy atom. The summed E-state index contributed by atoms with van der Waals surface area (Å²) in [6, 6.07) is 7.50. The normalized spacial score (nSPS) is 13.9. The van der Waals surface area contributed by atoms with Crippen LogP contribution < -0.4 is 9.06 Å². The molecule has 3 aromatic rings. The van der Waals surface area contributed by atoms with E-state index in [1.807, 2.05) is 24.3 Å². The van der Waals surface area contributed by atoms with Gasteiger partial charge in [0.05, 0.1) is 32.6 Å². The lowest BCUT2D eigenvalue weighted by Crippen LogP contribution is -1.97. The van der Waals surface area contributed by atoms with Crippen molar-refractivity contribution in [3.63, 3.8) is 0 Å². The zero-order valence-corrected chi connectivity index (χ0v) is 9.48. The quantitative estimate of drug-likeness (QED) is 0.628. The fourth-order valence-corrected chi connectivity index (χ4v) is 2.55. The number of hydrogen-bond acceptors (Lipinski definition) is 5. The topological polar surface area (TPSA) is 66.2 Å². The standard InChI is InChI=1S/C12H8N2O2S/c15-5-9-11-12(10(6-16)17-9)14-8-4-2-1-3-7(8)13-11/h1-6,15-16H/b9-5+,10-6+. The third-order valence-electron chi connectivity index (χ3n) is 2.49. The van der Waals surface area contributed by atoms with Crippen molar-refractivity contribution in [3.05, 3.63) is 33.3 Å². The second-order valence-corrected chi connectivity index (χ2v) is 4.58. The lowest BCUT2D eigenvalue weighted by Gasteiger charge is -1.95. The fourth-order valence-electron chi connectivity index (χ4n) is 1.73. The van der Waals surface area contributed by atoms with Crippen molar-refractivity contribution in [2.45, 2.75) is 0 Å². The molecule has 2 N–H and O–H groups in total. The Hall–Kier alpha value is -2.14. The van der Waals surface area contributed by atoms with Crippen LogP contribution in [0.5, 0.6) is 0 Å². The zero-order chi connectivity index (χ0) is 11.8. The van der Waals surface area contributed by atoms with Crippen LogP contribution >= 0.6 is 11.3 Å². The first-order valence-corrected chi connectivity index (χ1v) is 5.79. The van der Waals surface area contributed by atoms with Gasteiger partial charge in [-0.3, -0.25) is 0 Å². The van der Waals surface area contributed by atoms with Gasteiger partial charge in [0.15, 0.2) is 0 Å². The third-order valence-corrected chi connectivity index (χ3v) is 3.53. The molecule has 2 aromatic heterocycles. The Morgan fingerprint density at radius 3 is 1.76 bits per heavy atom. The summed E-state index contributed by atoms with van der Waals surface area (Å²) in [6.07, 6.45) is 1.98. The van der Waals surface area contributed by atoms with Crippen LogP contribution in [-0.2, 0) is 0 Å². The van der Waals surface area contributed by atoms with E-state index in [0.29, 0.717) is 20.1 Å². The molecule has 0 bridgehead atoms. The molecular weight excluding hydrogens is 236 g/mol. The molecule has 0 aliphatic rings. The van der Waals surface area contributed by atoms with Crippen LogP contribution in [0.15, 0.2) is 24.3 Å². The molecule has 0 saturated heterocycles. The monoisotopic (exact) mass is 244 g/mol. The maximum atomic E-state index is 9.14. The molecule has 2 heterocycles. The average molecular weight is 244 g/mol. The minimum absolute atomic E-state index is 0.596. The summed E-state index contributed by atoms with van der Waals surface area (Å²) in [5.74, 6) is 0. The van der Waals surface area contributed by atoms with Gasteiger partial charge >= 0.3 is 0 Å². The summed E-state index contributed by atoms with van der Waals surface area (Å²) < 4.78 is 1.19. The zero-order valence-electron chi connectivity index (χ0n) is 8.66. The number of nitrogens with zero attached hydrogens (tertiary/aromatic N) is 2. The summed E-state index contributed by atoms with van der Waals surface area (Å²) in [5.41, 5.74) is 2.75. The lowest BCUT2D eigenvalue weighted by molar-refractivity contribution is 0.542. The number of benzene rings is 1. The Kier molecular flexibility index (Phi) is 2.19. The molecular formula is C12H8N2O2S. The van der Waals surface area contributed by atoms with Crippen LogP contribution in [0.25, 0.3) is 34.6 Å². The van der Waals surface area contributed by atoms with E-state index in [4.69, 9.17) is 10.2 Å². The van der Waals surface area contributed by atoms with Crippen molar-refractivity contribution < 1.29 is 10.2 Å². The second kappa shape index (κ2) is 3.71. The number of thiophene rings is 1. The van der Waals surface area contributed by atoms with Gasteiger partial charge in [0, 0.05) is 0 Å². The van der Waals surface area contributed by atoms with Crippen LogP contribution in [0.2, 0.25) is 0 Å². The van der Waals surface area contributed by atoms with E-state index in [0.717, 1.165) is 23.6 Å². The SMILES string of the molecule is O/C=c1/s/c(=C/O)c2nc3ccccc3nc12. The highest BCUT2D eigenvalue weighted by molar-refractivity contribution is 7.09. The molecule has 0 aliphatic heterocycles. The minimum Gasteiger partial charge on any atom is -0.514 e.